The van der Waals surface area contributed by atoms with Crippen LogP contribution in [0.2, 0.25) is 4.47 Å². The summed E-state index contributed by atoms with van der Waals surface area (Å²) in [4.78, 5) is 27.7. The summed E-state index contributed by atoms with van der Waals surface area (Å²) < 4.78 is 0.480. The summed E-state index contributed by atoms with van der Waals surface area (Å²) in [6.07, 6.45) is 1.49. The van der Waals surface area contributed by atoms with Gasteiger partial charge in [-0.05, 0) is 18.2 Å². The Morgan fingerprint density at radius 1 is 1.48 bits per heavy atom. The molecule has 0 saturated heterocycles. The van der Waals surface area contributed by atoms with Crippen molar-refractivity contribution in [2.24, 2.45) is 5.10 Å². The molecule has 0 spiro atoms. The van der Waals surface area contributed by atoms with Crippen LogP contribution in [0, 0.1) is 0 Å². The van der Waals surface area contributed by atoms with Gasteiger partial charge in [0.05, 0.1) is 18.7 Å². The van der Waals surface area contributed by atoms with E-state index in [-0.39, 0.29) is 18.0 Å². The van der Waals surface area contributed by atoms with Crippen LogP contribution < -0.4 is 10.3 Å². The van der Waals surface area contributed by atoms with E-state index in [1.54, 1.807) is 24.4 Å². The molecule has 1 aromatic heterocycles. The van der Waals surface area contributed by atoms with Gasteiger partial charge in [-0.3, -0.25) is 4.79 Å². The first-order valence-electron chi connectivity index (χ1n) is 6.61. The molecule has 0 bridgehead atoms. The maximum absolute atomic E-state index is 11.9. The lowest BCUT2D eigenvalue weighted by Crippen LogP contribution is -2.19. The number of carbonyl (C=O) groups is 2. The van der Waals surface area contributed by atoms with Gasteiger partial charge in [0, 0.05) is 16.8 Å². The minimum atomic E-state index is -1.18. The van der Waals surface area contributed by atoms with Crippen LogP contribution in [0.25, 0.3) is 0 Å². The van der Waals surface area contributed by atoms with Gasteiger partial charge in [-0.2, -0.15) is 10.1 Å². The highest BCUT2D eigenvalue weighted by Gasteiger charge is 2.29. The first kappa shape index (κ1) is 15.4. The number of hydrogen-bond donors (Lipinski definition) is 2. The maximum atomic E-state index is 11.9. The molecule has 7 nitrogen and oxygen atoms in total. The lowest BCUT2D eigenvalue weighted by molar-refractivity contribution is -0.129. The number of carboxylic acid groups (broad SMARTS) is 1. The number of aromatic nitrogens is 1. The van der Waals surface area contributed by atoms with E-state index in [4.69, 9.17) is 16.7 Å². The molecule has 1 amide bonds. The molecule has 1 aromatic carbocycles. The van der Waals surface area contributed by atoms with Gasteiger partial charge >= 0.3 is 5.97 Å². The third kappa shape index (κ3) is 3.49. The summed E-state index contributed by atoms with van der Waals surface area (Å²) in [5.74, 6) is -1.55. The maximum Gasteiger partial charge on any atom is 0.352 e. The van der Waals surface area contributed by atoms with Gasteiger partial charge in [-0.1, -0.05) is 17.7 Å². The second-order valence-corrected chi connectivity index (χ2v) is 6.41. The van der Waals surface area contributed by atoms with Crippen molar-refractivity contribution in [3.63, 3.8) is 0 Å². The summed E-state index contributed by atoms with van der Waals surface area (Å²) in [6.45, 7) is 0.547. The van der Waals surface area contributed by atoms with Crippen LogP contribution in [0.3, 0.4) is 0 Å². The number of rotatable bonds is 5. The van der Waals surface area contributed by atoms with Crippen LogP contribution in [0.5, 0.6) is 0 Å². The highest BCUT2D eigenvalue weighted by molar-refractivity contribution is 7.15. The second kappa shape index (κ2) is 6.35. The van der Waals surface area contributed by atoms with Crippen molar-refractivity contribution < 1.29 is 14.7 Å². The molecule has 0 atom stereocenters. The largest absolute Gasteiger partial charge is 0.477 e. The number of halogens is 1. The number of hydrazone groups is 1. The molecule has 1 aliphatic rings. The smallest absolute Gasteiger partial charge is 0.352 e. The van der Waals surface area contributed by atoms with Crippen molar-refractivity contribution in [3.8, 4) is 0 Å². The van der Waals surface area contributed by atoms with Gasteiger partial charge in [0.15, 0.2) is 10.2 Å². The van der Waals surface area contributed by atoms with Gasteiger partial charge in [-0.25, -0.2) is 9.78 Å². The van der Waals surface area contributed by atoms with Crippen LogP contribution in [-0.2, 0) is 16.1 Å². The zero-order valence-electron chi connectivity index (χ0n) is 11.7. The number of carbonyl (C=O) groups excluding carboxylic acids is 1. The molecule has 9 heteroatoms. The Bertz CT molecular complexity index is 805. The number of amides is 1. The molecular formula is C14H11ClN4O3S. The van der Waals surface area contributed by atoms with E-state index < -0.39 is 5.97 Å². The Morgan fingerprint density at radius 2 is 2.30 bits per heavy atom. The second-order valence-electron chi connectivity index (χ2n) is 4.72. The number of nitrogens with zero attached hydrogens (tertiary/aromatic N) is 3. The fourth-order valence-corrected chi connectivity index (χ4v) is 2.97. The van der Waals surface area contributed by atoms with Gasteiger partial charge in [0.1, 0.15) is 0 Å². The van der Waals surface area contributed by atoms with E-state index in [1.165, 1.54) is 11.3 Å². The zero-order chi connectivity index (χ0) is 16.4. The number of hydrogen-bond acceptors (Lipinski definition) is 6. The van der Waals surface area contributed by atoms with Crippen molar-refractivity contribution in [1.82, 2.24) is 4.98 Å². The van der Waals surface area contributed by atoms with Crippen molar-refractivity contribution >= 4 is 51.9 Å². The molecule has 0 saturated carbocycles. The fourth-order valence-electron chi connectivity index (χ4n) is 2.05. The van der Waals surface area contributed by atoms with E-state index in [0.717, 1.165) is 15.6 Å². The molecular weight excluding hydrogens is 340 g/mol. The quantitative estimate of drug-likeness (QED) is 0.864. The number of thiazole rings is 1. The van der Waals surface area contributed by atoms with Crippen molar-refractivity contribution in [2.75, 3.05) is 10.3 Å². The number of anilines is 2. The van der Waals surface area contributed by atoms with Crippen LogP contribution in [-0.4, -0.2) is 27.7 Å². The van der Waals surface area contributed by atoms with Crippen LogP contribution in [0.15, 0.2) is 35.6 Å². The topological polar surface area (TPSA) is 94.9 Å². The third-order valence-electron chi connectivity index (χ3n) is 3.11. The first-order valence-corrected chi connectivity index (χ1v) is 7.80. The summed E-state index contributed by atoms with van der Waals surface area (Å²) in [6, 6.07) is 7.03. The first-order chi connectivity index (χ1) is 11.0. The molecule has 0 radical (unpaired) electrons. The van der Waals surface area contributed by atoms with E-state index in [9.17, 15) is 9.59 Å². The van der Waals surface area contributed by atoms with Crippen LogP contribution >= 0.6 is 22.9 Å². The van der Waals surface area contributed by atoms with Crippen molar-refractivity contribution in [2.45, 2.75) is 13.0 Å². The summed E-state index contributed by atoms with van der Waals surface area (Å²) in [5, 5.41) is 17.1. The standard InChI is InChI=1S/C14H11ClN4O3S/c15-14-17-7-10(23-14)6-16-8-2-1-3-9(4-8)19-12(20)5-11(18-19)13(21)22/h1-4,7,16H,5-6H2,(H,21,22). The number of benzene rings is 1. The Hall–Kier alpha value is -2.45. The zero-order valence-corrected chi connectivity index (χ0v) is 13.3. The van der Waals surface area contributed by atoms with Gasteiger partial charge in [0.2, 0.25) is 0 Å². The Labute approximate surface area is 140 Å². The molecule has 23 heavy (non-hydrogen) atoms. The van der Waals surface area contributed by atoms with Crippen molar-refractivity contribution in [3.05, 3.63) is 39.8 Å². The van der Waals surface area contributed by atoms with Gasteiger partial charge in [0.25, 0.3) is 5.91 Å². The predicted octanol–water partition coefficient (Wildman–Crippen LogP) is 2.59. The minimum Gasteiger partial charge on any atom is -0.477 e. The Morgan fingerprint density at radius 3 is 2.96 bits per heavy atom. The summed E-state index contributed by atoms with van der Waals surface area (Å²) in [7, 11) is 0. The molecule has 2 aromatic rings. The van der Waals surface area contributed by atoms with E-state index in [0.29, 0.717) is 16.7 Å². The number of carboxylic acids is 1. The monoisotopic (exact) mass is 350 g/mol. The van der Waals surface area contributed by atoms with E-state index in [2.05, 4.69) is 15.4 Å². The molecule has 0 unspecified atom stereocenters. The van der Waals surface area contributed by atoms with E-state index >= 15 is 0 Å². The summed E-state index contributed by atoms with van der Waals surface area (Å²) >= 11 is 7.16. The van der Waals surface area contributed by atoms with Crippen molar-refractivity contribution in [1.29, 1.82) is 0 Å². The van der Waals surface area contributed by atoms with Gasteiger partial charge < -0.3 is 10.4 Å². The highest BCUT2D eigenvalue weighted by Crippen LogP contribution is 2.25. The summed E-state index contributed by atoms with van der Waals surface area (Å²) in [5.41, 5.74) is 1.13. The molecule has 3 rings (SSSR count). The molecule has 2 heterocycles. The SMILES string of the molecule is O=C(O)C1=NN(c2cccc(NCc3cnc(Cl)s3)c2)C(=O)C1. The average molecular weight is 351 g/mol. The number of aliphatic carboxylic acids is 1. The molecule has 0 fully saturated rings. The average Bonchev–Trinajstić information content (AvgIpc) is 3.11. The molecule has 0 aliphatic carbocycles. The van der Waals surface area contributed by atoms with Gasteiger partial charge in [-0.15, -0.1) is 11.3 Å². The molecule has 118 valence electrons. The highest BCUT2D eigenvalue weighted by atomic mass is 35.5. The lowest BCUT2D eigenvalue weighted by atomic mass is 10.2. The fraction of sp³-hybridized carbons (Fsp3) is 0.143. The van der Waals surface area contributed by atoms with Crippen LogP contribution in [0.1, 0.15) is 11.3 Å². The Balaban J connectivity index is 1.75. The molecule has 1 aliphatic heterocycles. The normalized spacial score (nSPS) is 14.0. The lowest BCUT2D eigenvalue weighted by Gasteiger charge is -2.13. The number of nitrogens with one attached hydrogen (secondary N) is 1. The van der Waals surface area contributed by atoms with E-state index in [1.807, 2.05) is 6.07 Å². The molecule has 2 N–H and O–H groups in total. The third-order valence-corrected chi connectivity index (χ3v) is 4.22. The van der Waals surface area contributed by atoms with Crippen LogP contribution in [0.4, 0.5) is 11.4 Å². The Kier molecular flexibility index (Phi) is 4.26. The minimum absolute atomic E-state index is 0.160. The predicted molar refractivity (Wildman–Crippen MR) is 88.1 cm³/mol.